The summed E-state index contributed by atoms with van der Waals surface area (Å²) in [5.41, 5.74) is 10.5. The van der Waals surface area contributed by atoms with Crippen LogP contribution in [-0.2, 0) is 6.42 Å². The Morgan fingerprint density at radius 1 is 1.54 bits per heavy atom. The van der Waals surface area contributed by atoms with Gasteiger partial charge < -0.3 is 0 Å². The highest BCUT2D eigenvalue weighted by Gasteiger charge is 1.98. The number of hydrogen-bond acceptors (Lipinski definition) is 1. The van der Waals surface area contributed by atoms with Crippen LogP contribution in [0.1, 0.15) is 11.1 Å². The fourth-order valence-corrected chi connectivity index (χ4v) is 1.56. The van der Waals surface area contributed by atoms with Crippen LogP contribution in [0.25, 0.3) is 10.4 Å². The van der Waals surface area contributed by atoms with Gasteiger partial charge in [0.2, 0.25) is 0 Å². The minimum atomic E-state index is 0.512. The zero-order valence-electron chi connectivity index (χ0n) is 7.37. The van der Waals surface area contributed by atoms with Crippen molar-refractivity contribution in [3.63, 3.8) is 0 Å². The summed E-state index contributed by atoms with van der Waals surface area (Å²) in [6, 6.07) is 6.15. The first-order valence-corrected chi connectivity index (χ1v) is 4.79. The maximum absolute atomic E-state index is 8.11. The topological polar surface area (TPSA) is 48.8 Å². The first-order chi connectivity index (χ1) is 6.24. The molecule has 0 saturated carbocycles. The molecule has 0 bridgehead atoms. The van der Waals surface area contributed by atoms with E-state index in [4.69, 9.17) is 5.53 Å². The molecule has 0 aliphatic rings. The van der Waals surface area contributed by atoms with Crippen molar-refractivity contribution in [2.45, 2.75) is 13.3 Å². The average molecular weight is 240 g/mol. The highest BCUT2D eigenvalue weighted by molar-refractivity contribution is 9.10. The number of azide groups is 1. The third kappa shape index (κ3) is 3.09. The molecule has 4 heteroatoms. The van der Waals surface area contributed by atoms with Crippen LogP contribution in [0.3, 0.4) is 0 Å². The lowest BCUT2D eigenvalue weighted by Gasteiger charge is -2.02. The van der Waals surface area contributed by atoms with E-state index < -0.39 is 0 Å². The summed E-state index contributed by atoms with van der Waals surface area (Å²) >= 11 is 3.45. The molecule has 0 radical (unpaired) electrons. The lowest BCUT2D eigenvalue weighted by atomic mass is 10.1. The van der Waals surface area contributed by atoms with Crippen LogP contribution in [0.4, 0.5) is 0 Å². The van der Waals surface area contributed by atoms with Gasteiger partial charge in [-0.2, -0.15) is 0 Å². The van der Waals surface area contributed by atoms with Gasteiger partial charge >= 0.3 is 0 Å². The molecule has 13 heavy (non-hydrogen) atoms. The largest absolute Gasteiger partial charge is 0.0936 e. The van der Waals surface area contributed by atoms with Crippen molar-refractivity contribution >= 4 is 15.9 Å². The Balaban J connectivity index is 2.75. The molecule has 0 unspecified atom stereocenters. The summed E-state index contributed by atoms with van der Waals surface area (Å²) in [4.78, 5) is 2.71. The van der Waals surface area contributed by atoms with Crippen LogP contribution in [-0.4, -0.2) is 6.54 Å². The molecule has 0 amide bonds. The van der Waals surface area contributed by atoms with Gasteiger partial charge in [0.15, 0.2) is 0 Å². The molecule has 0 spiro atoms. The van der Waals surface area contributed by atoms with Crippen molar-refractivity contribution in [3.05, 3.63) is 44.2 Å². The van der Waals surface area contributed by atoms with Gasteiger partial charge in [-0.1, -0.05) is 38.7 Å². The molecule has 68 valence electrons. The monoisotopic (exact) mass is 239 g/mol. The predicted molar refractivity (Wildman–Crippen MR) is 56.6 cm³/mol. The molecule has 3 nitrogen and oxygen atoms in total. The van der Waals surface area contributed by atoms with Crippen LogP contribution in [0, 0.1) is 6.92 Å². The van der Waals surface area contributed by atoms with E-state index in [0.717, 1.165) is 10.9 Å². The Bertz CT molecular complexity index is 343. The van der Waals surface area contributed by atoms with E-state index in [1.807, 2.05) is 19.1 Å². The van der Waals surface area contributed by atoms with Crippen molar-refractivity contribution in [1.29, 1.82) is 0 Å². The normalized spacial score (nSPS) is 9.38. The molecule has 0 aliphatic carbocycles. The van der Waals surface area contributed by atoms with E-state index in [-0.39, 0.29) is 0 Å². The summed E-state index contributed by atoms with van der Waals surface area (Å²) in [7, 11) is 0. The van der Waals surface area contributed by atoms with Crippen molar-refractivity contribution in [3.8, 4) is 0 Å². The number of nitrogens with zero attached hydrogens (tertiary/aromatic N) is 3. The Hall–Kier alpha value is -0.990. The van der Waals surface area contributed by atoms with Crippen LogP contribution in [0.2, 0.25) is 0 Å². The zero-order chi connectivity index (χ0) is 9.68. The van der Waals surface area contributed by atoms with E-state index in [0.29, 0.717) is 6.54 Å². The van der Waals surface area contributed by atoms with E-state index in [2.05, 4.69) is 32.0 Å². The lowest BCUT2D eigenvalue weighted by Crippen LogP contribution is -1.90. The Kier molecular flexibility index (Phi) is 3.80. The van der Waals surface area contributed by atoms with Crippen LogP contribution in [0.15, 0.2) is 27.8 Å². The summed E-state index contributed by atoms with van der Waals surface area (Å²) < 4.78 is 1.08. The molecule has 1 rings (SSSR count). The van der Waals surface area contributed by atoms with Gasteiger partial charge in [-0.15, -0.1) is 0 Å². The molecule has 1 aromatic carbocycles. The fraction of sp³-hybridized carbons (Fsp3) is 0.333. The smallest absolute Gasteiger partial charge is 0.0298 e. The summed E-state index contributed by atoms with van der Waals surface area (Å²) in [5, 5.41) is 3.50. The Morgan fingerprint density at radius 2 is 2.31 bits per heavy atom. The number of hydrogen-bond donors (Lipinski definition) is 0. The first kappa shape index (κ1) is 10.1. The van der Waals surface area contributed by atoms with Gasteiger partial charge in [-0.05, 0) is 30.5 Å². The van der Waals surface area contributed by atoms with E-state index in [1.165, 1.54) is 11.1 Å². The molecule has 0 fully saturated rings. The van der Waals surface area contributed by atoms with E-state index in [1.54, 1.807) is 0 Å². The van der Waals surface area contributed by atoms with Crippen molar-refractivity contribution in [2.24, 2.45) is 5.11 Å². The van der Waals surface area contributed by atoms with Gasteiger partial charge in [0, 0.05) is 15.9 Å². The number of aryl methyl sites for hydroxylation is 1. The second-order valence-electron chi connectivity index (χ2n) is 2.80. The van der Waals surface area contributed by atoms with E-state index >= 15 is 0 Å². The van der Waals surface area contributed by atoms with Gasteiger partial charge in [0.05, 0.1) is 0 Å². The second-order valence-corrected chi connectivity index (χ2v) is 3.65. The Morgan fingerprint density at radius 3 is 3.00 bits per heavy atom. The summed E-state index contributed by atoms with van der Waals surface area (Å²) in [5.74, 6) is 0. The standard InChI is InChI=1S/C9H10BrN3/c1-7-2-3-9(10)8(6-7)4-5-12-13-11/h2-3,6H,4-5H2,1H3. The summed E-state index contributed by atoms with van der Waals surface area (Å²) in [6.45, 7) is 2.56. The van der Waals surface area contributed by atoms with E-state index in [9.17, 15) is 0 Å². The molecule has 0 aromatic heterocycles. The third-order valence-corrected chi connectivity index (χ3v) is 2.52. The molecule has 0 heterocycles. The highest BCUT2D eigenvalue weighted by Crippen LogP contribution is 2.18. The molecule has 1 aromatic rings. The number of benzene rings is 1. The maximum atomic E-state index is 8.11. The quantitative estimate of drug-likeness (QED) is 0.440. The van der Waals surface area contributed by atoms with Gasteiger partial charge in [0.25, 0.3) is 0 Å². The molecule has 0 saturated heterocycles. The van der Waals surface area contributed by atoms with Gasteiger partial charge in [0.1, 0.15) is 0 Å². The third-order valence-electron chi connectivity index (χ3n) is 1.75. The molecule has 0 aliphatic heterocycles. The molecular formula is C9H10BrN3. The number of halogens is 1. The Labute approximate surface area is 85.5 Å². The minimum absolute atomic E-state index is 0.512. The second kappa shape index (κ2) is 4.90. The molecule has 0 atom stereocenters. The van der Waals surface area contributed by atoms with Crippen LogP contribution < -0.4 is 0 Å². The number of rotatable bonds is 3. The van der Waals surface area contributed by atoms with Crippen LogP contribution in [0.5, 0.6) is 0 Å². The lowest BCUT2D eigenvalue weighted by molar-refractivity contribution is 0.949. The van der Waals surface area contributed by atoms with Gasteiger partial charge in [-0.25, -0.2) is 0 Å². The maximum Gasteiger partial charge on any atom is 0.0298 e. The van der Waals surface area contributed by atoms with Crippen LogP contribution >= 0.6 is 15.9 Å². The SMILES string of the molecule is Cc1ccc(Br)c(CCN=[N+]=[N-])c1. The summed E-state index contributed by atoms with van der Waals surface area (Å²) in [6.07, 6.45) is 0.784. The fourth-order valence-electron chi connectivity index (χ4n) is 1.11. The predicted octanol–water partition coefficient (Wildman–Crippen LogP) is 3.61. The van der Waals surface area contributed by atoms with Gasteiger partial charge in [-0.3, -0.25) is 0 Å². The van der Waals surface area contributed by atoms with Crippen molar-refractivity contribution in [1.82, 2.24) is 0 Å². The molecular weight excluding hydrogens is 230 g/mol. The van der Waals surface area contributed by atoms with Crippen molar-refractivity contribution < 1.29 is 0 Å². The average Bonchev–Trinajstić information content (AvgIpc) is 2.11. The zero-order valence-corrected chi connectivity index (χ0v) is 8.95. The van der Waals surface area contributed by atoms with Crippen molar-refractivity contribution in [2.75, 3.05) is 6.54 Å². The minimum Gasteiger partial charge on any atom is -0.0936 e. The molecule has 0 N–H and O–H groups in total. The first-order valence-electron chi connectivity index (χ1n) is 4.00. The highest BCUT2D eigenvalue weighted by atomic mass is 79.9.